The number of anilines is 1. The fraction of sp³-hybridized carbons (Fsp3) is 0.474. The molecule has 0 radical (unpaired) electrons. The minimum Gasteiger partial charge on any atom is -0.455 e. The van der Waals surface area contributed by atoms with E-state index in [-0.39, 0.29) is 43.1 Å². The van der Waals surface area contributed by atoms with Crippen molar-refractivity contribution >= 4 is 29.4 Å². The van der Waals surface area contributed by atoms with E-state index >= 15 is 0 Å². The summed E-state index contributed by atoms with van der Waals surface area (Å²) in [5.74, 6) is -3.18. The summed E-state index contributed by atoms with van der Waals surface area (Å²) in [5.41, 5.74) is 0.111. The lowest BCUT2D eigenvalue weighted by atomic mass is 10.1. The maximum Gasteiger partial charge on any atom is 0.311 e. The first-order chi connectivity index (χ1) is 13.3. The maximum atomic E-state index is 13.9. The quantitative estimate of drug-likeness (QED) is 0.682. The molecule has 0 aromatic heterocycles. The van der Waals surface area contributed by atoms with Crippen molar-refractivity contribution in [2.75, 3.05) is 31.6 Å². The zero-order valence-corrected chi connectivity index (χ0v) is 15.5. The summed E-state index contributed by atoms with van der Waals surface area (Å²) in [6.45, 7) is -0.640. The van der Waals surface area contributed by atoms with Gasteiger partial charge in [0.1, 0.15) is 5.82 Å². The molecule has 1 aromatic rings. The Morgan fingerprint density at radius 1 is 1.29 bits per heavy atom. The average Bonchev–Trinajstić information content (AvgIpc) is 3.38. The van der Waals surface area contributed by atoms with Crippen LogP contribution in [-0.2, 0) is 23.9 Å². The number of nitrogens with zero attached hydrogens (tertiary/aromatic N) is 2. The molecule has 1 N–H and O–H groups in total. The Kier molecular flexibility index (Phi) is 5.91. The van der Waals surface area contributed by atoms with Crippen molar-refractivity contribution in [3.05, 3.63) is 30.1 Å². The molecule has 0 bridgehead atoms. The number of ether oxygens (including phenoxy) is 1. The molecule has 1 heterocycles. The Morgan fingerprint density at radius 3 is 2.68 bits per heavy atom. The van der Waals surface area contributed by atoms with Crippen LogP contribution in [0.5, 0.6) is 0 Å². The van der Waals surface area contributed by atoms with Gasteiger partial charge in [-0.15, -0.1) is 0 Å². The fourth-order valence-corrected chi connectivity index (χ4v) is 2.93. The highest BCUT2D eigenvalue weighted by Crippen LogP contribution is 2.27. The first-order valence-corrected chi connectivity index (χ1v) is 9.10. The van der Waals surface area contributed by atoms with Crippen LogP contribution in [0.25, 0.3) is 0 Å². The number of hydrogen-bond donors (Lipinski definition) is 1. The standard InChI is InChI=1S/C19H22FN3O5/c1-22(10-16(24)21-13-6-7-13)18(26)11-28-19(27)12-8-17(25)23(9-12)15-5-3-2-4-14(15)20/h2-5,12-13H,6-11H2,1H3,(H,21,24)/t12-/m0/s1. The maximum absolute atomic E-state index is 13.9. The van der Waals surface area contributed by atoms with E-state index in [4.69, 9.17) is 4.74 Å². The number of esters is 1. The van der Waals surface area contributed by atoms with Crippen molar-refractivity contribution in [2.45, 2.75) is 25.3 Å². The first kappa shape index (κ1) is 19.8. The molecule has 3 amide bonds. The van der Waals surface area contributed by atoms with Crippen LogP contribution in [0.2, 0.25) is 0 Å². The van der Waals surface area contributed by atoms with Crippen LogP contribution in [0.1, 0.15) is 19.3 Å². The number of carbonyl (C=O) groups excluding carboxylic acids is 4. The molecule has 1 aromatic carbocycles. The average molecular weight is 391 g/mol. The van der Waals surface area contributed by atoms with Gasteiger partial charge in [0.05, 0.1) is 18.2 Å². The fourth-order valence-electron chi connectivity index (χ4n) is 2.93. The van der Waals surface area contributed by atoms with Gasteiger partial charge in [-0.05, 0) is 25.0 Å². The van der Waals surface area contributed by atoms with Gasteiger partial charge in [0.15, 0.2) is 6.61 Å². The number of hydrogen-bond acceptors (Lipinski definition) is 5. The van der Waals surface area contributed by atoms with E-state index in [0.717, 1.165) is 12.8 Å². The van der Waals surface area contributed by atoms with Crippen LogP contribution in [0.3, 0.4) is 0 Å². The van der Waals surface area contributed by atoms with Crippen LogP contribution < -0.4 is 10.2 Å². The molecule has 1 aliphatic heterocycles. The summed E-state index contributed by atoms with van der Waals surface area (Å²) < 4.78 is 18.9. The lowest BCUT2D eigenvalue weighted by Gasteiger charge is -2.18. The molecule has 2 aliphatic rings. The second kappa shape index (κ2) is 8.37. The number of likely N-dealkylation sites (N-methyl/N-ethyl adjacent to an activating group) is 1. The van der Waals surface area contributed by atoms with Gasteiger partial charge >= 0.3 is 5.97 Å². The second-order valence-electron chi connectivity index (χ2n) is 7.06. The molecule has 1 atom stereocenters. The Bertz CT molecular complexity index is 796. The zero-order chi connectivity index (χ0) is 20.3. The Hall–Kier alpha value is -2.97. The Labute approximate surface area is 161 Å². The van der Waals surface area contributed by atoms with Gasteiger partial charge in [-0.3, -0.25) is 19.2 Å². The smallest absolute Gasteiger partial charge is 0.311 e. The molecule has 28 heavy (non-hydrogen) atoms. The third-order valence-corrected chi connectivity index (χ3v) is 4.69. The van der Waals surface area contributed by atoms with Gasteiger partial charge in [0.2, 0.25) is 11.8 Å². The number of carbonyl (C=O) groups is 4. The van der Waals surface area contributed by atoms with Crippen LogP contribution in [0.4, 0.5) is 10.1 Å². The van der Waals surface area contributed by atoms with Crippen molar-refractivity contribution in [1.82, 2.24) is 10.2 Å². The predicted molar refractivity (Wildman–Crippen MR) is 96.6 cm³/mol. The second-order valence-corrected chi connectivity index (χ2v) is 7.06. The van der Waals surface area contributed by atoms with Crippen LogP contribution in [0.15, 0.2) is 24.3 Å². The Balaban J connectivity index is 1.47. The van der Waals surface area contributed by atoms with Gasteiger partial charge in [0.25, 0.3) is 5.91 Å². The summed E-state index contributed by atoms with van der Waals surface area (Å²) in [4.78, 5) is 50.5. The first-order valence-electron chi connectivity index (χ1n) is 9.10. The predicted octanol–water partition coefficient (Wildman–Crippen LogP) is 0.459. The van der Waals surface area contributed by atoms with E-state index < -0.39 is 30.2 Å². The molecule has 9 heteroatoms. The largest absolute Gasteiger partial charge is 0.455 e. The minimum atomic E-state index is -0.775. The molecule has 0 unspecified atom stereocenters. The molecule has 1 saturated heterocycles. The molecule has 0 spiro atoms. The lowest BCUT2D eigenvalue weighted by Crippen LogP contribution is -2.41. The number of benzene rings is 1. The Morgan fingerprint density at radius 2 is 2.00 bits per heavy atom. The van der Waals surface area contributed by atoms with Crippen LogP contribution in [0, 0.1) is 11.7 Å². The molecular formula is C19H22FN3O5. The third-order valence-electron chi connectivity index (χ3n) is 4.69. The third kappa shape index (κ3) is 4.85. The highest BCUT2D eigenvalue weighted by molar-refractivity contribution is 5.99. The molecule has 3 rings (SSSR count). The highest BCUT2D eigenvalue weighted by Gasteiger charge is 2.37. The molecule has 2 fully saturated rings. The van der Waals surface area contributed by atoms with Gasteiger partial charge in [-0.25, -0.2) is 4.39 Å². The van der Waals surface area contributed by atoms with E-state index in [9.17, 15) is 23.6 Å². The summed E-state index contributed by atoms with van der Waals surface area (Å²) in [5, 5.41) is 2.76. The lowest BCUT2D eigenvalue weighted by molar-refractivity contribution is -0.155. The number of rotatable bonds is 7. The van der Waals surface area contributed by atoms with E-state index in [1.807, 2.05) is 0 Å². The van der Waals surface area contributed by atoms with Crippen LogP contribution in [-0.4, -0.2) is 61.4 Å². The van der Waals surface area contributed by atoms with Crippen molar-refractivity contribution < 1.29 is 28.3 Å². The van der Waals surface area contributed by atoms with Gasteiger partial charge in [0, 0.05) is 26.1 Å². The summed E-state index contributed by atoms with van der Waals surface area (Å²) >= 11 is 0. The van der Waals surface area contributed by atoms with Crippen LogP contribution >= 0.6 is 0 Å². The molecular weight excluding hydrogens is 369 g/mol. The monoisotopic (exact) mass is 391 g/mol. The summed E-state index contributed by atoms with van der Waals surface area (Å²) in [6.07, 6.45) is 1.79. The normalized spacial score (nSPS) is 18.7. The number of para-hydroxylation sites is 1. The van der Waals surface area contributed by atoms with E-state index in [2.05, 4.69) is 5.32 Å². The summed E-state index contributed by atoms with van der Waals surface area (Å²) in [6, 6.07) is 6.02. The SMILES string of the molecule is CN(CC(=O)NC1CC1)C(=O)COC(=O)[C@H]1CC(=O)N(c2ccccc2F)C1. The van der Waals surface area contributed by atoms with Crippen molar-refractivity contribution in [3.63, 3.8) is 0 Å². The molecule has 1 saturated carbocycles. The number of amides is 3. The zero-order valence-electron chi connectivity index (χ0n) is 15.5. The van der Waals surface area contributed by atoms with Crippen molar-refractivity contribution in [2.24, 2.45) is 5.92 Å². The molecule has 8 nitrogen and oxygen atoms in total. The van der Waals surface area contributed by atoms with Crippen molar-refractivity contribution in [1.29, 1.82) is 0 Å². The highest BCUT2D eigenvalue weighted by atomic mass is 19.1. The minimum absolute atomic E-state index is 0.00752. The van der Waals surface area contributed by atoms with Gasteiger partial charge in [-0.1, -0.05) is 12.1 Å². The van der Waals surface area contributed by atoms with Gasteiger partial charge < -0.3 is 19.9 Å². The molecule has 150 valence electrons. The van der Waals surface area contributed by atoms with E-state index in [1.165, 1.54) is 35.0 Å². The summed E-state index contributed by atoms with van der Waals surface area (Å²) in [7, 11) is 1.45. The number of halogens is 1. The van der Waals surface area contributed by atoms with E-state index in [1.54, 1.807) is 6.07 Å². The van der Waals surface area contributed by atoms with Crippen molar-refractivity contribution in [3.8, 4) is 0 Å². The number of nitrogens with one attached hydrogen (secondary N) is 1. The van der Waals surface area contributed by atoms with E-state index in [0.29, 0.717) is 0 Å². The topological polar surface area (TPSA) is 96.0 Å². The molecule has 1 aliphatic carbocycles. The van der Waals surface area contributed by atoms with Gasteiger partial charge in [-0.2, -0.15) is 0 Å².